The summed E-state index contributed by atoms with van der Waals surface area (Å²) in [6, 6.07) is 8.77. The largest absolute Gasteiger partial charge is 0.381 e. The maximum Gasteiger partial charge on any atom is 0.193 e. The van der Waals surface area contributed by atoms with E-state index < -0.39 is 0 Å². The Morgan fingerprint density at radius 2 is 2.16 bits per heavy atom. The molecule has 5 heteroatoms. The van der Waals surface area contributed by atoms with Gasteiger partial charge in [-0.15, -0.1) is 0 Å². The highest BCUT2D eigenvalue weighted by atomic mass is 16.5. The van der Waals surface area contributed by atoms with E-state index >= 15 is 0 Å². The molecular formula is C20H30N4O. The third-order valence-electron chi connectivity index (χ3n) is 4.90. The number of hydrogen-bond donors (Lipinski definition) is 1. The minimum Gasteiger partial charge on any atom is -0.381 e. The molecule has 0 aliphatic carbocycles. The zero-order valence-corrected chi connectivity index (χ0v) is 15.4. The third kappa shape index (κ3) is 4.75. The van der Waals surface area contributed by atoms with Crippen molar-refractivity contribution < 1.29 is 4.74 Å². The Hall–Kier alpha value is -2.01. The van der Waals surface area contributed by atoms with Gasteiger partial charge in [-0.3, -0.25) is 4.99 Å². The molecule has 5 nitrogen and oxygen atoms in total. The third-order valence-corrected chi connectivity index (χ3v) is 4.90. The van der Waals surface area contributed by atoms with Gasteiger partial charge in [-0.1, -0.05) is 24.3 Å². The van der Waals surface area contributed by atoms with Gasteiger partial charge in [0.1, 0.15) is 0 Å². The van der Waals surface area contributed by atoms with E-state index in [0.717, 1.165) is 51.9 Å². The van der Waals surface area contributed by atoms with E-state index in [1.807, 2.05) is 7.05 Å². The van der Waals surface area contributed by atoms with Gasteiger partial charge in [0, 0.05) is 58.0 Å². The van der Waals surface area contributed by atoms with Crippen LogP contribution < -0.4 is 10.2 Å². The smallest absolute Gasteiger partial charge is 0.193 e. The summed E-state index contributed by atoms with van der Waals surface area (Å²) in [4.78, 5) is 9.19. The van der Waals surface area contributed by atoms with Gasteiger partial charge in [0.15, 0.2) is 5.96 Å². The lowest BCUT2D eigenvalue weighted by Gasteiger charge is -2.22. The molecule has 0 amide bonds. The number of anilines is 1. The standard InChI is InChI=1S/C20H30N4O/c1-3-25-16-18-9-12-24(15-18)20(21-2)22-14-17-7-6-8-19(13-17)23-10-4-5-11-23/h4-8,13,18H,3,9-12,14-16H2,1-2H3,(H,21,22). The number of likely N-dealkylation sites (tertiary alicyclic amines) is 1. The minimum absolute atomic E-state index is 0.615. The normalized spacial score (nSPS) is 20.6. The van der Waals surface area contributed by atoms with E-state index in [1.165, 1.54) is 17.7 Å². The highest BCUT2D eigenvalue weighted by molar-refractivity contribution is 5.80. The number of nitrogens with one attached hydrogen (secondary N) is 1. The lowest BCUT2D eigenvalue weighted by atomic mass is 10.1. The summed E-state index contributed by atoms with van der Waals surface area (Å²) in [5, 5.41) is 3.52. The number of rotatable bonds is 6. The second-order valence-corrected chi connectivity index (χ2v) is 6.71. The summed E-state index contributed by atoms with van der Waals surface area (Å²) in [5.41, 5.74) is 2.58. The first-order valence-electron chi connectivity index (χ1n) is 9.32. The average Bonchev–Trinajstić information content (AvgIpc) is 3.33. The molecule has 1 unspecified atom stereocenters. The van der Waals surface area contributed by atoms with Gasteiger partial charge >= 0.3 is 0 Å². The Bertz CT molecular complexity index is 605. The molecule has 1 atom stereocenters. The van der Waals surface area contributed by atoms with Crippen molar-refractivity contribution in [1.82, 2.24) is 10.2 Å². The Morgan fingerprint density at radius 3 is 2.92 bits per heavy atom. The van der Waals surface area contributed by atoms with Crippen LogP contribution in [-0.2, 0) is 11.3 Å². The van der Waals surface area contributed by atoms with Gasteiger partial charge in [-0.25, -0.2) is 0 Å². The van der Waals surface area contributed by atoms with Crippen LogP contribution in [0.5, 0.6) is 0 Å². The summed E-state index contributed by atoms with van der Waals surface area (Å²) in [6.45, 7) is 8.60. The SMILES string of the molecule is CCOCC1CCN(C(=NC)NCc2cccc(N3CC=CC3)c2)C1. The van der Waals surface area contributed by atoms with Crippen molar-refractivity contribution in [3.8, 4) is 0 Å². The van der Waals surface area contributed by atoms with Crippen LogP contribution >= 0.6 is 0 Å². The highest BCUT2D eigenvalue weighted by Gasteiger charge is 2.24. The molecule has 1 saturated heterocycles. The summed E-state index contributed by atoms with van der Waals surface area (Å²) in [5.74, 6) is 1.61. The molecular weight excluding hydrogens is 312 g/mol. The molecule has 0 saturated carbocycles. The Labute approximate surface area is 151 Å². The molecule has 2 aliphatic rings. The first-order chi connectivity index (χ1) is 12.3. The predicted octanol–water partition coefficient (Wildman–Crippen LogP) is 2.50. The monoisotopic (exact) mass is 342 g/mol. The Kier molecular flexibility index (Phi) is 6.34. The highest BCUT2D eigenvalue weighted by Crippen LogP contribution is 2.19. The van der Waals surface area contributed by atoms with E-state index in [0.29, 0.717) is 5.92 Å². The summed E-state index contributed by atoms with van der Waals surface area (Å²) < 4.78 is 5.57. The minimum atomic E-state index is 0.615. The van der Waals surface area contributed by atoms with E-state index in [-0.39, 0.29) is 0 Å². The zero-order chi connectivity index (χ0) is 17.5. The molecule has 2 aliphatic heterocycles. The predicted molar refractivity (Wildman–Crippen MR) is 104 cm³/mol. The topological polar surface area (TPSA) is 40.1 Å². The van der Waals surface area contributed by atoms with Crippen LogP contribution in [0.1, 0.15) is 18.9 Å². The molecule has 1 N–H and O–H groups in total. The number of ether oxygens (including phenoxy) is 1. The maximum atomic E-state index is 5.57. The molecule has 25 heavy (non-hydrogen) atoms. The first-order valence-corrected chi connectivity index (χ1v) is 9.32. The summed E-state index contributed by atoms with van der Waals surface area (Å²) in [6.07, 6.45) is 5.62. The molecule has 1 fully saturated rings. The van der Waals surface area contributed by atoms with Crippen LogP contribution in [0.4, 0.5) is 5.69 Å². The van der Waals surface area contributed by atoms with Crippen molar-refractivity contribution in [2.75, 3.05) is 51.3 Å². The van der Waals surface area contributed by atoms with E-state index in [1.54, 1.807) is 0 Å². The number of aliphatic imine (C=N–C) groups is 1. The lowest BCUT2D eigenvalue weighted by Crippen LogP contribution is -2.39. The van der Waals surface area contributed by atoms with Gasteiger partial charge < -0.3 is 19.9 Å². The van der Waals surface area contributed by atoms with Gasteiger partial charge in [-0.05, 0) is 31.0 Å². The van der Waals surface area contributed by atoms with Gasteiger partial charge in [0.25, 0.3) is 0 Å². The molecule has 0 aromatic heterocycles. The fraction of sp³-hybridized carbons (Fsp3) is 0.550. The fourth-order valence-corrected chi connectivity index (χ4v) is 3.51. The average molecular weight is 342 g/mol. The van der Waals surface area contributed by atoms with Crippen molar-refractivity contribution in [3.05, 3.63) is 42.0 Å². The van der Waals surface area contributed by atoms with Gasteiger partial charge in [-0.2, -0.15) is 0 Å². The molecule has 0 radical (unpaired) electrons. The molecule has 2 heterocycles. The van der Waals surface area contributed by atoms with E-state index in [2.05, 4.69) is 63.5 Å². The zero-order valence-electron chi connectivity index (χ0n) is 15.4. The van der Waals surface area contributed by atoms with E-state index in [4.69, 9.17) is 4.74 Å². The number of nitrogens with zero attached hydrogens (tertiary/aromatic N) is 3. The van der Waals surface area contributed by atoms with Crippen LogP contribution in [0.25, 0.3) is 0 Å². The van der Waals surface area contributed by atoms with Gasteiger partial charge in [0.2, 0.25) is 0 Å². The molecule has 1 aromatic carbocycles. The van der Waals surface area contributed by atoms with Crippen LogP contribution in [0.15, 0.2) is 41.4 Å². The molecule has 136 valence electrons. The van der Waals surface area contributed by atoms with Crippen LogP contribution in [0.2, 0.25) is 0 Å². The number of benzene rings is 1. The van der Waals surface area contributed by atoms with Crippen molar-refractivity contribution >= 4 is 11.6 Å². The quantitative estimate of drug-likeness (QED) is 0.490. The molecule has 3 rings (SSSR count). The van der Waals surface area contributed by atoms with Crippen molar-refractivity contribution in [2.45, 2.75) is 19.9 Å². The second kappa shape index (κ2) is 8.90. The Balaban J connectivity index is 1.52. The van der Waals surface area contributed by atoms with Crippen molar-refractivity contribution in [2.24, 2.45) is 10.9 Å². The Morgan fingerprint density at radius 1 is 1.32 bits per heavy atom. The molecule has 1 aromatic rings. The molecule has 0 spiro atoms. The van der Waals surface area contributed by atoms with Crippen LogP contribution in [0, 0.1) is 5.92 Å². The second-order valence-electron chi connectivity index (χ2n) is 6.71. The van der Waals surface area contributed by atoms with Crippen LogP contribution in [-0.4, -0.2) is 57.3 Å². The van der Waals surface area contributed by atoms with Crippen molar-refractivity contribution in [3.63, 3.8) is 0 Å². The number of guanidine groups is 1. The summed E-state index contributed by atoms with van der Waals surface area (Å²) in [7, 11) is 1.87. The number of hydrogen-bond acceptors (Lipinski definition) is 3. The lowest BCUT2D eigenvalue weighted by molar-refractivity contribution is 0.114. The van der Waals surface area contributed by atoms with E-state index in [9.17, 15) is 0 Å². The fourth-order valence-electron chi connectivity index (χ4n) is 3.51. The van der Waals surface area contributed by atoms with Crippen LogP contribution in [0.3, 0.4) is 0 Å². The van der Waals surface area contributed by atoms with Crippen molar-refractivity contribution in [1.29, 1.82) is 0 Å². The van der Waals surface area contributed by atoms with Gasteiger partial charge in [0.05, 0.1) is 6.61 Å². The maximum absolute atomic E-state index is 5.57. The summed E-state index contributed by atoms with van der Waals surface area (Å²) >= 11 is 0. The first kappa shape index (κ1) is 17.8. The molecule has 0 bridgehead atoms.